The van der Waals surface area contributed by atoms with Crippen LogP contribution in [0.1, 0.15) is 44.1 Å². The fraction of sp³-hybridized carbons (Fsp3) is 0.300. The molecular weight excluding hydrogens is 317 g/mol. The number of fused-ring (bicyclic) bond motifs is 1. The minimum Gasteiger partial charge on any atom is -0.346 e. The lowest BCUT2D eigenvalue weighted by atomic mass is 10.2. The summed E-state index contributed by atoms with van der Waals surface area (Å²) in [5.74, 6) is 0.488. The van der Waals surface area contributed by atoms with Gasteiger partial charge in [0.25, 0.3) is 0 Å². The Morgan fingerprint density at radius 3 is 2.68 bits per heavy atom. The lowest BCUT2D eigenvalue weighted by Gasteiger charge is -2.16. The third-order valence-electron chi connectivity index (χ3n) is 4.21. The predicted octanol–water partition coefficient (Wildman–Crippen LogP) is 4.20. The Kier molecular flexibility index (Phi) is 5.12. The number of rotatable bonds is 6. The summed E-state index contributed by atoms with van der Waals surface area (Å²) < 4.78 is 16.1. The third kappa shape index (κ3) is 3.71. The Balaban J connectivity index is 2.00. The highest BCUT2D eigenvalue weighted by Crippen LogP contribution is 2.23. The fourth-order valence-electron chi connectivity index (χ4n) is 2.99. The monoisotopic (exact) mass is 339 g/mol. The highest BCUT2D eigenvalue weighted by Gasteiger charge is 2.19. The van der Waals surface area contributed by atoms with E-state index in [0.29, 0.717) is 18.5 Å². The number of nitrogens with zero attached hydrogens (tertiary/aromatic N) is 2. The first-order valence-electron chi connectivity index (χ1n) is 8.58. The molecule has 4 nitrogen and oxygen atoms in total. The fourth-order valence-corrected chi connectivity index (χ4v) is 2.99. The number of carbonyl (C=O) groups is 1. The van der Waals surface area contributed by atoms with Gasteiger partial charge >= 0.3 is 0 Å². The summed E-state index contributed by atoms with van der Waals surface area (Å²) in [6.45, 7) is 4.25. The van der Waals surface area contributed by atoms with Crippen molar-refractivity contribution in [3.05, 3.63) is 65.7 Å². The van der Waals surface area contributed by atoms with Crippen LogP contribution in [0.25, 0.3) is 11.0 Å². The summed E-state index contributed by atoms with van der Waals surface area (Å²) in [7, 11) is 0. The number of para-hydroxylation sites is 2. The van der Waals surface area contributed by atoms with E-state index in [2.05, 4.69) is 10.3 Å². The molecule has 130 valence electrons. The van der Waals surface area contributed by atoms with Crippen LogP contribution in [0, 0.1) is 5.82 Å². The van der Waals surface area contributed by atoms with Crippen LogP contribution in [-0.4, -0.2) is 15.5 Å². The SMILES string of the molecule is CCCC(=O)NC(C)c1nc2ccccc2n1Cc1ccccc1F. The Morgan fingerprint density at radius 2 is 1.92 bits per heavy atom. The van der Waals surface area contributed by atoms with E-state index in [0.717, 1.165) is 23.3 Å². The summed E-state index contributed by atoms with van der Waals surface area (Å²) in [4.78, 5) is 16.6. The molecule has 0 saturated carbocycles. The number of aromatic nitrogens is 2. The van der Waals surface area contributed by atoms with Gasteiger partial charge < -0.3 is 9.88 Å². The molecule has 2 aromatic carbocycles. The van der Waals surface area contributed by atoms with Gasteiger partial charge in [-0.3, -0.25) is 4.79 Å². The largest absolute Gasteiger partial charge is 0.346 e. The van der Waals surface area contributed by atoms with Gasteiger partial charge in [-0.05, 0) is 31.5 Å². The second-order valence-electron chi connectivity index (χ2n) is 6.18. The Hall–Kier alpha value is -2.69. The van der Waals surface area contributed by atoms with Gasteiger partial charge in [0, 0.05) is 12.0 Å². The van der Waals surface area contributed by atoms with Crippen molar-refractivity contribution in [2.24, 2.45) is 0 Å². The Morgan fingerprint density at radius 1 is 1.20 bits per heavy atom. The maximum Gasteiger partial charge on any atom is 0.220 e. The molecule has 0 aliphatic heterocycles. The second kappa shape index (κ2) is 7.47. The number of hydrogen-bond donors (Lipinski definition) is 1. The minimum atomic E-state index is -0.252. The molecule has 0 aliphatic rings. The zero-order valence-electron chi connectivity index (χ0n) is 14.5. The second-order valence-corrected chi connectivity index (χ2v) is 6.18. The van der Waals surface area contributed by atoms with E-state index in [-0.39, 0.29) is 17.8 Å². The van der Waals surface area contributed by atoms with Gasteiger partial charge in [0.15, 0.2) is 0 Å². The van der Waals surface area contributed by atoms with Crippen LogP contribution in [0.15, 0.2) is 48.5 Å². The van der Waals surface area contributed by atoms with Gasteiger partial charge in [0.1, 0.15) is 11.6 Å². The number of amides is 1. The molecule has 0 fully saturated rings. The molecule has 0 bridgehead atoms. The van der Waals surface area contributed by atoms with Crippen molar-refractivity contribution in [3.8, 4) is 0 Å². The van der Waals surface area contributed by atoms with Crippen molar-refractivity contribution < 1.29 is 9.18 Å². The third-order valence-corrected chi connectivity index (χ3v) is 4.21. The van der Waals surface area contributed by atoms with E-state index in [1.54, 1.807) is 12.1 Å². The molecule has 0 radical (unpaired) electrons. The molecular formula is C20H22FN3O. The molecule has 3 rings (SSSR count). The molecule has 0 spiro atoms. The summed E-state index contributed by atoms with van der Waals surface area (Å²) in [5.41, 5.74) is 2.36. The first-order valence-corrected chi connectivity index (χ1v) is 8.58. The van der Waals surface area contributed by atoms with Gasteiger partial charge in [-0.1, -0.05) is 37.3 Å². The zero-order chi connectivity index (χ0) is 17.8. The van der Waals surface area contributed by atoms with Gasteiger partial charge in [-0.2, -0.15) is 0 Å². The van der Waals surface area contributed by atoms with E-state index in [9.17, 15) is 9.18 Å². The average Bonchev–Trinajstić information content (AvgIpc) is 2.96. The quantitative estimate of drug-likeness (QED) is 0.731. The minimum absolute atomic E-state index is 0.000465. The molecule has 1 aromatic heterocycles. The van der Waals surface area contributed by atoms with Crippen LogP contribution in [0.5, 0.6) is 0 Å². The van der Waals surface area contributed by atoms with E-state index in [1.807, 2.05) is 48.7 Å². The van der Waals surface area contributed by atoms with E-state index in [1.165, 1.54) is 6.07 Å². The number of benzene rings is 2. The van der Waals surface area contributed by atoms with Gasteiger partial charge in [-0.25, -0.2) is 9.37 Å². The molecule has 1 unspecified atom stereocenters. The van der Waals surface area contributed by atoms with E-state index in [4.69, 9.17) is 0 Å². The van der Waals surface area contributed by atoms with E-state index < -0.39 is 0 Å². The maximum absolute atomic E-state index is 14.1. The molecule has 0 saturated heterocycles. The number of hydrogen-bond acceptors (Lipinski definition) is 2. The lowest BCUT2D eigenvalue weighted by molar-refractivity contribution is -0.121. The van der Waals surface area contributed by atoms with Gasteiger partial charge in [-0.15, -0.1) is 0 Å². The molecule has 0 aliphatic carbocycles. The highest BCUT2D eigenvalue weighted by atomic mass is 19.1. The molecule has 1 amide bonds. The highest BCUT2D eigenvalue weighted by molar-refractivity contribution is 5.78. The summed E-state index contributed by atoms with van der Waals surface area (Å²) in [6, 6.07) is 14.2. The van der Waals surface area contributed by atoms with Crippen molar-refractivity contribution >= 4 is 16.9 Å². The standard InChI is InChI=1S/C20H22FN3O/c1-3-8-19(25)22-14(2)20-23-17-11-6-7-12-18(17)24(20)13-15-9-4-5-10-16(15)21/h4-7,9-12,14H,3,8,13H2,1-2H3,(H,22,25). The summed E-state index contributed by atoms with van der Waals surface area (Å²) in [6.07, 6.45) is 1.28. The van der Waals surface area contributed by atoms with Crippen molar-refractivity contribution in [2.75, 3.05) is 0 Å². The zero-order valence-corrected chi connectivity index (χ0v) is 14.5. The topological polar surface area (TPSA) is 46.9 Å². The number of carbonyl (C=O) groups excluding carboxylic acids is 1. The van der Waals surface area contributed by atoms with Crippen LogP contribution >= 0.6 is 0 Å². The van der Waals surface area contributed by atoms with Crippen LogP contribution in [0.3, 0.4) is 0 Å². The van der Waals surface area contributed by atoms with Crippen LogP contribution in [0.2, 0.25) is 0 Å². The van der Waals surface area contributed by atoms with E-state index >= 15 is 0 Å². The predicted molar refractivity (Wildman–Crippen MR) is 96.7 cm³/mol. The molecule has 1 atom stereocenters. The molecule has 1 heterocycles. The molecule has 1 N–H and O–H groups in total. The van der Waals surface area contributed by atoms with Crippen molar-refractivity contribution in [2.45, 2.75) is 39.3 Å². The molecule has 25 heavy (non-hydrogen) atoms. The van der Waals surface area contributed by atoms with Crippen molar-refractivity contribution in [1.82, 2.24) is 14.9 Å². The first kappa shape index (κ1) is 17.1. The first-order chi connectivity index (χ1) is 12.1. The average molecular weight is 339 g/mol. The van der Waals surface area contributed by atoms with Crippen molar-refractivity contribution in [1.29, 1.82) is 0 Å². The van der Waals surface area contributed by atoms with Gasteiger partial charge in [0.05, 0.1) is 23.6 Å². The Labute approximate surface area is 146 Å². The normalized spacial score (nSPS) is 12.3. The van der Waals surface area contributed by atoms with Crippen LogP contribution in [-0.2, 0) is 11.3 Å². The molecule has 3 aromatic rings. The number of halogens is 1. The summed E-state index contributed by atoms with van der Waals surface area (Å²) >= 11 is 0. The van der Waals surface area contributed by atoms with Crippen molar-refractivity contribution in [3.63, 3.8) is 0 Å². The smallest absolute Gasteiger partial charge is 0.220 e. The number of nitrogens with one attached hydrogen (secondary N) is 1. The van der Waals surface area contributed by atoms with Gasteiger partial charge in [0.2, 0.25) is 5.91 Å². The van der Waals surface area contributed by atoms with Crippen LogP contribution < -0.4 is 5.32 Å². The molecule has 5 heteroatoms. The van der Waals surface area contributed by atoms with Crippen LogP contribution in [0.4, 0.5) is 4.39 Å². The summed E-state index contributed by atoms with van der Waals surface area (Å²) in [5, 5.41) is 2.98. The number of imidazole rings is 1. The Bertz CT molecular complexity index is 888. The lowest BCUT2D eigenvalue weighted by Crippen LogP contribution is -2.28. The maximum atomic E-state index is 14.1.